The number of nitrogens with one attached hydrogen (secondary N) is 1. The highest BCUT2D eigenvalue weighted by Gasteiger charge is 2.05. The molecule has 2 aromatic rings. The summed E-state index contributed by atoms with van der Waals surface area (Å²) in [6.45, 7) is 11.6. The van der Waals surface area contributed by atoms with Gasteiger partial charge in [0.15, 0.2) is 0 Å². The van der Waals surface area contributed by atoms with Crippen molar-refractivity contribution in [2.45, 2.75) is 40.3 Å². The third kappa shape index (κ3) is 3.78. The molecule has 1 heterocycles. The lowest BCUT2D eigenvalue weighted by atomic mass is 10.2. The van der Waals surface area contributed by atoms with E-state index in [1.165, 1.54) is 11.4 Å². The molecule has 4 nitrogen and oxygen atoms in total. The zero-order valence-electron chi connectivity index (χ0n) is 13.5. The Balaban J connectivity index is 1.99. The van der Waals surface area contributed by atoms with E-state index in [0.29, 0.717) is 6.04 Å². The Kier molecular flexibility index (Phi) is 5.26. The molecule has 21 heavy (non-hydrogen) atoms. The summed E-state index contributed by atoms with van der Waals surface area (Å²) in [5, 5.41) is 3.47. The first kappa shape index (κ1) is 15.4. The number of anilines is 2. The van der Waals surface area contributed by atoms with E-state index in [0.717, 1.165) is 25.3 Å². The molecule has 0 aliphatic rings. The summed E-state index contributed by atoms with van der Waals surface area (Å²) >= 11 is 0. The van der Waals surface area contributed by atoms with Gasteiger partial charge < -0.3 is 14.8 Å². The summed E-state index contributed by atoms with van der Waals surface area (Å²) in [6.07, 6.45) is 3.82. The van der Waals surface area contributed by atoms with Gasteiger partial charge in [-0.3, -0.25) is 0 Å². The van der Waals surface area contributed by atoms with Gasteiger partial charge in [-0.2, -0.15) is 0 Å². The van der Waals surface area contributed by atoms with Crippen LogP contribution in [0.4, 0.5) is 11.4 Å². The molecule has 2 rings (SSSR count). The Morgan fingerprint density at radius 1 is 1.14 bits per heavy atom. The number of hydrogen-bond acceptors (Lipinski definition) is 3. The Labute approximate surface area is 127 Å². The van der Waals surface area contributed by atoms with Gasteiger partial charge in [0.2, 0.25) is 0 Å². The quantitative estimate of drug-likeness (QED) is 0.837. The van der Waals surface area contributed by atoms with E-state index in [1.54, 1.807) is 0 Å². The first-order chi connectivity index (χ1) is 10.2. The van der Waals surface area contributed by atoms with Gasteiger partial charge in [-0.05, 0) is 52.0 Å². The van der Waals surface area contributed by atoms with Crippen LogP contribution < -0.4 is 10.2 Å². The summed E-state index contributed by atoms with van der Waals surface area (Å²) in [5.74, 6) is 0. The zero-order valence-corrected chi connectivity index (χ0v) is 13.5. The number of hydrogen-bond donors (Lipinski definition) is 1. The molecule has 0 saturated carbocycles. The lowest BCUT2D eigenvalue weighted by molar-refractivity contribution is 0.577. The third-order valence-corrected chi connectivity index (χ3v) is 3.77. The van der Waals surface area contributed by atoms with Crippen molar-refractivity contribution >= 4 is 11.4 Å². The van der Waals surface area contributed by atoms with Crippen LogP contribution in [0.1, 0.15) is 39.4 Å². The molecule has 1 aromatic carbocycles. The molecular formula is C17H26N4. The average Bonchev–Trinajstić information content (AvgIpc) is 2.96. The van der Waals surface area contributed by atoms with Gasteiger partial charge in [-0.1, -0.05) is 0 Å². The van der Waals surface area contributed by atoms with Crippen molar-refractivity contribution in [2.24, 2.45) is 0 Å². The van der Waals surface area contributed by atoms with Crippen LogP contribution in [-0.4, -0.2) is 22.6 Å². The van der Waals surface area contributed by atoms with Crippen LogP contribution in [0.25, 0.3) is 0 Å². The van der Waals surface area contributed by atoms with Gasteiger partial charge in [0.25, 0.3) is 0 Å². The molecule has 0 radical (unpaired) electrons. The second kappa shape index (κ2) is 7.16. The first-order valence-corrected chi connectivity index (χ1v) is 7.75. The highest BCUT2D eigenvalue weighted by Crippen LogP contribution is 2.18. The summed E-state index contributed by atoms with van der Waals surface area (Å²) in [5.41, 5.74) is 3.62. The smallest absolute Gasteiger partial charge is 0.0951 e. The number of imidazole rings is 1. The van der Waals surface area contributed by atoms with Crippen LogP contribution in [0.5, 0.6) is 0 Å². The van der Waals surface area contributed by atoms with Crippen LogP contribution in [-0.2, 0) is 6.54 Å². The van der Waals surface area contributed by atoms with Crippen molar-refractivity contribution in [1.82, 2.24) is 9.55 Å². The molecule has 0 fully saturated rings. The van der Waals surface area contributed by atoms with Gasteiger partial charge in [0, 0.05) is 36.7 Å². The zero-order chi connectivity index (χ0) is 15.2. The fraction of sp³-hybridized carbons (Fsp3) is 0.471. The van der Waals surface area contributed by atoms with E-state index in [-0.39, 0.29) is 0 Å². The topological polar surface area (TPSA) is 33.1 Å². The van der Waals surface area contributed by atoms with E-state index in [1.807, 2.05) is 12.5 Å². The molecule has 114 valence electrons. The number of aromatic nitrogens is 2. The number of nitrogens with zero attached hydrogens (tertiary/aromatic N) is 3. The molecule has 4 heteroatoms. The SMILES string of the molecule is CCN(CC)c1ccc(NCc2cncn2C(C)C)cc1. The van der Waals surface area contributed by atoms with Crippen LogP contribution in [0.15, 0.2) is 36.8 Å². The molecular weight excluding hydrogens is 260 g/mol. The van der Waals surface area contributed by atoms with Gasteiger partial charge in [-0.25, -0.2) is 4.98 Å². The minimum absolute atomic E-state index is 0.439. The predicted molar refractivity (Wildman–Crippen MR) is 89.9 cm³/mol. The van der Waals surface area contributed by atoms with E-state index < -0.39 is 0 Å². The van der Waals surface area contributed by atoms with Gasteiger partial charge in [0.1, 0.15) is 0 Å². The highest BCUT2D eigenvalue weighted by molar-refractivity contribution is 5.55. The van der Waals surface area contributed by atoms with E-state index in [9.17, 15) is 0 Å². The summed E-state index contributed by atoms with van der Waals surface area (Å²) in [7, 11) is 0. The van der Waals surface area contributed by atoms with Crippen LogP contribution in [0, 0.1) is 0 Å². The van der Waals surface area contributed by atoms with Crippen molar-refractivity contribution in [2.75, 3.05) is 23.3 Å². The Hall–Kier alpha value is -1.97. The van der Waals surface area contributed by atoms with Gasteiger partial charge in [0.05, 0.1) is 18.6 Å². The lowest BCUT2D eigenvalue weighted by Gasteiger charge is -2.21. The third-order valence-electron chi connectivity index (χ3n) is 3.77. The molecule has 0 atom stereocenters. The average molecular weight is 286 g/mol. The minimum Gasteiger partial charge on any atom is -0.379 e. The fourth-order valence-electron chi connectivity index (χ4n) is 2.51. The number of benzene rings is 1. The van der Waals surface area contributed by atoms with Crippen LogP contribution >= 0.6 is 0 Å². The second-order valence-corrected chi connectivity index (χ2v) is 5.46. The second-order valence-electron chi connectivity index (χ2n) is 5.46. The lowest BCUT2D eigenvalue weighted by Crippen LogP contribution is -2.21. The highest BCUT2D eigenvalue weighted by atomic mass is 15.1. The van der Waals surface area contributed by atoms with Crippen molar-refractivity contribution in [3.05, 3.63) is 42.5 Å². The van der Waals surface area contributed by atoms with Gasteiger partial charge >= 0.3 is 0 Å². The molecule has 0 spiro atoms. The predicted octanol–water partition coefficient (Wildman–Crippen LogP) is 3.92. The van der Waals surface area contributed by atoms with E-state index >= 15 is 0 Å². The normalized spacial score (nSPS) is 10.9. The number of rotatable bonds is 7. The summed E-state index contributed by atoms with van der Waals surface area (Å²) in [6, 6.07) is 9.08. The summed E-state index contributed by atoms with van der Waals surface area (Å²) < 4.78 is 2.19. The maximum Gasteiger partial charge on any atom is 0.0951 e. The molecule has 1 aromatic heterocycles. The minimum atomic E-state index is 0.439. The molecule has 0 unspecified atom stereocenters. The maximum absolute atomic E-state index is 4.23. The van der Waals surface area contributed by atoms with Crippen molar-refractivity contribution in [3.8, 4) is 0 Å². The largest absolute Gasteiger partial charge is 0.379 e. The maximum atomic E-state index is 4.23. The monoisotopic (exact) mass is 286 g/mol. The molecule has 0 aliphatic carbocycles. The van der Waals surface area contributed by atoms with Crippen LogP contribution in [0.3, 0.4) is 0 Å². The standard InChI is InChI=1S/C17H26N4/c1-5-20(6-2)16-9-7-15(8-10-16)19-12-17-11-18-13-21(17)14(3)4/h7-11,13-14,19H,5-6,12H2,1-4H3. The first-order valence-electron chi connectivity index (χ1n) is 7.75. The molecule has 0 amide bonds. The Bertz CT molecular complexity index is 538. The Morgan fingerprint density at radius 2 is 1.81 bits per heavy atom. The van der Waals surface area contributed by atoms with Crippen molar-refractivity contribution in [3.63, 3.8) is 0 Å². The molecule has 0 saturated heterocycles. The fourth-order valence-corrected chi connectivity index (χ4v) is 2.51. The van der Waals surface area contributed by atoms with Gasteiger partial charge in [-0.15, -0.1) is 0 Å². The van der Waals surface area contributed by atoms with E-state index in [4.69, 9.17) is 0 Å². The van der Waals surface area contributed by atoms with Crippen molar-refractivity contribution in [1.29, 1.82) is 0 Å². The summed E-state index contributed by atoms with van der Waals surface area (Å²) in [4.78, 5) is 6.58. The van der Waals surface area contributed by atoms with Crippen LogP contribution in [0.2, 0.25) is 0 Å². The van der Waals surface area contributed by atoms with E-state index in [2.05, 4.69) is 71.7 Å². The van der Waals surface area contributed by atoms with Crippen molar-refractivity contribution < 1.29 is 0 Å². The molecule has 1 N–H and O–H groups in total. The Morgan fingerprint density at radius 3 is 2.38 bits per heavy atom. The molecule has 0 aliphatic heterocycles. The molecule has 0 bridgehead atoms.